The Morgan fingerprint density at radius 2 is 2.00 bits per heavy atom. The first-order chi connectivity index (χ1) is 4.60. The molecule has 2 nitrogen and oxygen atoms in total. The summed E-state index contributed by atoms with van der Waals surface area (Å²) in [5.41, 5.74) is 0.0666. The van der Waals surface area contributed by atoms with E-state index in [1.165, 1.54) is 0 Å². The Morgan fingerprint density at radius 3 is 2.10 bits per heavy atom. The SMILES string of the molecule is CC.CC1(C)CCC(=O)N1.[HH]. The van der Waals surface area contributed by atoms with E-state index in [0.717, 1.165) is 6.42 Å². The molecule has 0 unspecified atom stereocenters. The summed E-state index contributed by atoms with van der Waals surface area (Å²) in [5, 5.41) is 2.85. The van der Waals surface area contributed by atoms with Crippen molar-refractivity contribution in [1.82, 2.24) is 5.32 Å². The van der Waals surface area contributed by atoms with E-state index in [0.29, 0.717) is 6.42 Å². The van der Waals surface area contributed by atoms with Gasteiger partial charge in [0.2, 0.25) is 5.91 Å². The maximum Gasteiger partial charge on any atom is 0.220 e. The van der Waals surface area contributed by atoms with Crippen LogP contribution >= 0.6 is 0 Å². The smallest absolute Gasteiger partial charge is 0.220 e. The van der Waals surface area contributed by atoms with Crippen molar-refractivity contribution in [3.8, 4) is 0 Å². The van der Waals surface area contributed by atoms with E-state index in [1.54, 1.807) is 0 Å². The van der Waals surface area contributed by atoms with Gasteiger partial charge in [0.25, 0.3) is 0 Å². The number of carbonyl (C=O) groups excluding carboxylic acids is 1. The minimum absolute atomic E-state index is 0. The molecule has 2 heteroatoms. The van der Waals surface area contributed by atoms with E-state index in [4.69, 9.17) is 0 Å². The van der Waals surface area contributed by atoms with Gasteiger partial charge in [-0.25, -0.2) is 0 Å². The molecule has 1 rings (SSSR count). The van der Waals surface area contributed by atoms with Gasteiger partial charge in [0.15, 0.2) is 0 Å². The van der Waals surface area contributed by atoms with Crippen LogP contribution in [0.1, 0.15) is 42.0 Å². The molecule has 1 saturated heterocycles. The van der Waals surface area contributed by atoms with Gasteiger partial charge in [0.1, 0.15) is 0 Å². The third kappa shape index (κ3) is 2.85. The van der Waals surface area contributed by atoms with Crippen molar-refractivity contribution in [1.29, 1.82) is 0 Å². The van der Waals surface area contributed by atoms with Gasteiger partial charge < -0.3 is 5.32 Å². The molecule has 10 heavy (non-hydrogen) atoms. The van der Waals surface area contributed by atoms with Crippen molar-refractivity contribution < 1.29 is 6.22 Å². The monoisotopic (exact) mass is 145 g/mol. The van der Waals surface area contributed by atoms with Gasteiger partial charge in [-0.15, -0.1) is 0 Å². The molecule has 0 spiro atoms. The van der Waals surface area contributed by atoms with Crippen molar-refractivity contribution in [2.45, 2.75) is 46.1 Å². The van der Waals surface area contributed by atoms with E-state index in [-0.39, 0.29) is 12.9 Å². The fourth-order valence-electron chi connectivity index (χ4n) is 0.928. The Labute approximate surface area is 64.5 Å². The van der Waals surface area contributed by atoms with Crippen molar-refractivity contribution in [2.24, 2.45) is 0 Å². The molecule has 0 bridgehead atoms. The Hall–Kier alpha value is -0.530. The maximum atomic E-state index is 10.5. The molecule has 1 heterocycles. The Kier molecular flexibility index (Phi) is 3.40. The molecule has 1 fully saturated rings. The lowest BCUT2D eigenvalue weighted by atomic mass is 10.0. The van der Waals surface area contributed by atoms with Gasteiger partial charge in [-0.05, 0) is 20.3 Å². The zero-order valence-corrected chi connectivity index (χ0v) is 7.32. The average molecular weight is 145 g/mol. The number of hydrogen-bond acceptors (Lipinski definition) is 1. The highest BCUT2D eigenvalue weighted by atomic mass is 16.2. The maximum absolute atomic E-state index is 10.5. The van der Waals surface area contributed by atoms with E-state index >= 15 is 0 Å². The first-order valence-corrected chi connectivity index (χ1v) is 3.91. The number of nitrogens with one attached hydrogen (secondary N) is 1. The minimum atomic E-state index is 0. The summed E-state index contributed by atoms with van der Waals surface area (Å²) in [6.07, 6.45) is 1.68. The highest BCUT2D eigenvalue weighted by Crippen LogP contribution is 2.17. The normalized spacial score (nSPS) is 21.0. The van der Waals surface area contributed by atoms with Crippen LogP contribution in [0.5, 0.6) is 0 Å². The summed E-state index contributed by atoms with van der Waals surface area (Å²) >= 11 is 0. The van der Waals surface area contributed by atoms with Gasteiger partial charge in [-0.2, -0.15) is 0 Å². The predicted octanol–water partition coefficient (Wildman–Crippen LogP) is 1.95. The summed E-state index contributed by atoms with van der Waals surface area (Å²) in [4.78, 5) is 10.5. The highest BCUT2D eigenvalue weighted by Gasteiger charge is 2.27. The third-order valence-corrected chi connectivity index (χ3v) is 1.45. The fraction of sp³-hybridized carbons (Fsp3) is 0.875. The van der Waals surface area contributed by atoms with Crippen LogP contribution in [0.4, 0.5) is 0 Å². The summed E-state index contributed by atoms with van der Waals surface area (Å²) in [5.74, 6) is 0.190. The first kappa shape index (κ1) is 9.47. The number of hydrogen-bond donors (Lipinski definition) is 1. The summed E-state index contributed by atoms with van der Waals surface area (Å²) in [7, 11) is 0. The number of carbonyl (C=O) groups is 1. The molecule has 0 aromatic rings. The van der Waals surface area contributed by atoms with Gasteiger partial charge in [0, 0.05) is 13.4 Å². The Balaban J connectivity index is 0. The summed E-state index contributed by atoms with van der Waals surface area (Å²) in [6, 6.07) is 0. The Bertz CT molecular complexity index is 123. The van der Waals surface area contributed by atoms with E-state index in [9.17, 15) is 4.79 Å². The molecule has 0 aliphatic carbocycles. The second-order valence-electron chi connectivity index (χ2n) is 2.93. The molecule has 0 saturated carbocycles. The minimum Gasteiger partial charge on any atom is -0.351 e. The third-order valence-electron chi connectivity index (χ3n) is 1.45. The van der Waals surface area contributed by atoms with Gasteiger partial charge in [-0.1, -0.05) is 13.8 Å². The van der Waals surface area contributed by atoms with Gasteiger partial charge >= 0.3 is 0 Å². The van der Waals surface area contributed by atoms with Crippen LogP contribution in [0.2, 0.25) is 0 Å². The first-order valence-electron chi connectivity index (χ1n) is 3.91. The predicted molar refractivity (Wildman–Crippen MR) is 44.9 cm³/mol. The number of amides is 1. The summed E-state index contributed by atoms with van der Waals surface area (Å²) in [6.45, 7) is 8.08. The molecular weight excluding hydrogens is 126 g/mol. The van der Waals surface area contributed by atoms with E-state index < -0.39 is 0 Å². The van der Waals surface area contributed by atoms with Gasteiger partial charge in [-0.3, -0.25) is 4.79 Å². The molecule has 1 aliphatic heterocycles. The van der Waals surface area contributed by atoms with Crippen molar-refractivity contribution in [2.75, 3.05) is 0 Å². The van der Waals surface area contributed by atoms with Crippen LogP contribution in [-0.2, 0) is 4.79 Å². The second-order valence-corrected chi connectivity index (χ2v) is 2.93. The Morgan fingerprint density at radius 1 is 1.50 bits per heavy atom. The number of rotatable bonds is 0. The van der Waals surface area contributed by atoms with Crippen molar-refractivity contribution in [3.63, 3.8) is 0 Å². The molecule has 1 N–H and O–H groups in total. The molecule has 0 aromatic heterocycles. The molecular formula is C8H19NO. The zero-order valence-electron chi connectivity index (χ0n) is 7.32. The molecule has 1 amide bonds. The lowest BCUT2D eigenvalue weighted by Gasteiger charge is -2.15. The average Bonchev–Trinajstić information content (AvgIpc) is 2.15. The van der Waals surface area contributed by atoms with Crippen LogP contribution in [-0.4, -0.2) is 11.4 Å². The molecule has 0 atom stereocenters. The highest BCUT2D eigenvalue weighted by molar-refractivity contribution is 5.79. The van der Waals surface area contributed by atoms with Crippen LogP contribution in [0.3, 0.4) is 0 Å². The lowest BCUT2D eigenvalue weighted by molar-refractivity contribution is -0.119. The van der Waals surface area contributed by atoms with Crippen LogP contribution in [0.25, 0.3) is 0 Å². The molecule has 0 aromatic carbocycles. The largest absolute Gasteiger partial charge is 0.351 e. The van der Waals surface area contributed by atoms with Crippen molar-refractivity contribution >= 4 is 5.91 Å². The standard InChI is InChI=1S/C6H11NO.C2H6.H2/c1-6(2)4-3-5(8)7-6;1-2;/h3-4H2,1-2H3,(H,7,8);1-2H3;1H. The van der Waals surface area contributed by atoms with Gasteiger partial charge in [0.05, 0.1) is 0 Å². The molecule has 0 radical (unpaired) electrons. The van der Waals surface area contributed by atoms with E-state index in [2.05, 4.69) is 5.32 Å². The van der Waals surface area contributed by atoms with Crippen LogP contribution < -0.4 is 5.32 Å². The topological polar surface area (TPSA) is 29.1 Å². The quantitative estimate of drug-likeness (QED) is 0.554. The van der Waals surface area contributed by atoms with Crippen molar-refractivity contribution in [3.05, 3.63) is 0 Å². The second kappa shape index (κ2) is 3.59. The molecule has 62 valence electrons. The van der Waals surface area contributed by atoms with E-state index in [1.807, 2.05) is 27.7 Å². The summed E-state index contributed by atoms with van der Waals surface area (Å²) < 4.78 is 0. The fourth-order valence-corrected chi connectivity index (χ4v) is 0.928. The van der Waals surface area contributed by atoms with Crippen LogP contribution in [0, 0.1) is 0 Å². The molecule has 1 aliphatic rings. The zero-order chi connectivity index (χ0) is 8.20. The van der Waals surface area contributed by atoms with Crippen LogP contribution in [0.15, 0.2) is 0 Å². The lowest BCUT2D eigenvalue weighted by Crippen LogP contribution is -2.34.